The molecule has 138 valence electrons. The summed E-state index contributed by atoms with van der Waals surface area (Å²) in [5, 5.41) is 13.4. The zero-order valence-electron chi connectivity index (χ0n) is 13.6. The van der Waals surface area contributed by atoms with Gasteiger partial charge < -0.3 is 10.1 Å². The molecule has 1 aromatic carbocycles. The highest BCUT2D eigenvalue weighted by molar-refractivity contribution is 7.16. The second-order valence-electron chi connectivity index (χ2n) is 5.41. The molecule has 2 heterocycles. The van der Waals surface area contributed by atoms with Crippen LogP contribution in [0.1, 0.15) is 16.4 Å². The second kappa shape index (κ2) is 7.28. The number of rotatable bonds is 6. The molecule has 0 spiro atoms. The highest BCUT2D eigenvalue weighted by Gasteiger charge is 2.38. The van der Waals surface area contributed by atoms with Crippen LogP contribution in [0.15, 0.2) is 24.3 Å². The average Bonchev–Trinajstić information content (AvgIpc) is 3.13. The van der Waals surface area contributed by atoms with Gasteiger partial charge in [-0.05, 0) is 19.1 Å². The first kappa shape index (κ1) is 18.1. The fraction of sp³-hybridized carbons (Fsp3) is 0.333. The van der Waals surface area contributed by atoms with E-state index in [1.54, 1.807) is 12.1 Å². The monoisotopic (exact) mass is 385 g/mol. The van der Waals surface area contributed by atoms with Crippen LogP contribution in [-0.2, 0) is 17.4 Å². The molecule has 2 aromatic heterocycles. The van der Waals surface area contributed by atoms with Crippen molar-refractivity contribution in [2.45, 2.75) is 19.5 Å². The normalized spacial score (nSPS) is 11.7. The van der Waals surface area contributed by atoms with Crippen LogP contribution in [0, 0.1) is 6.92 Å². The first-order valence-corrected chi connectivity index (χ1v) is 8.39. The van der Waals surface area contributed by atoms with Crippen LogP contribution >= 0.6 is 11.3 Å². The molecule has 0 atom stereocenters. The van der Waals surface area contributed by atoms with Gasteiger partial charge in [0.05, 0.1) is 0 Å². The Morgan fingerprint density at radius 3 is 2.69 bits per heavy atom. The van der Waals surface area contributed by atoms with E-state index in [4.69, 9.17) is 4.74 Å². The van der Waals surface area contributed by atoms with E-state index >= 15 is 0 Å². The highest BCUT2D eigenvalue weighted by atomic mass is 32.1. The molecule has 0 radical (unpaired) electrons. The summed E-state index contributed by atoms with van der Waals surface area (Å²) in [7, 11) is 0. The van der Waals surface area contributed by atoms with Crippen molar-refractivity contribution in [3.8, 4) is 5.75 Å². The third-order valence-electron chi connectivity index (χ3n) is 3.34. The molecule has 0 aliphatic heterocycles. The minimum absolute atomic E-state index is 0.0568. The second-order valence-corrected chi connectivity index (χ2v) is 6.45. The number of amides is 1. The number of aryl methyl sites for hydroxylation is 1. The van der Waals surface area contributed by atoms with Crippen LogP contribution in [0.4, 0.5) is 13.2 Å². The minimum atomic E-state index is -4.62. The predicted molar refractivity (Wildman–Crippen MR) is 87.0 cm³/mol. The number of nitrogens with one attached hydrogen (secondary N) is 1. The lowest BCUT2D eigenvalue weighted by Crippen LogP contribution is -2.30. The van der Waals surface area contributed by atoms with Crippen molar-refractivity contribution in [3.05, 3.63) is 40.7 Å². The van der Waals surface area contributed by atoms with Gasteiger partial charge in [0.1, 0.15) is 10.8 Å². The number of benzene rings is 1. The predicted octanol–water partition coefficient (Wildman–Crippen LogP) is 2.25. The number of nitrogens with zero attached hydrogens (tertiary/aromatic N) is 4. The summed E-state index contributed by atoms with van der Waals surface area (Å²) in [4.78, 5) is 11.8. The van der Waals surface area contributed by atoms with Gasteiger partial charge in [-0.2, -0.15) is 22.8 Å². The number of hydrogen-bond donors (Lipinski definition) is 1. The standard InChI is InChI=1S/C15H14F3N5O2S/c1-9-2-4-10(5-3-9)25-8-11(24)19-7-6-12-22-23-13(15(16,17)18)20-21-14(23)26-12/h2-5H,6-8H2,1H3,(H,19,24). The van der Waals surface area contributed by atoms with Gasteiger partial charge in [-0.25, -0.2) is 0 Å². The van der Waals surface area contributed by atoms with E-state index in [9.17, 15) is 18.0 Å². The molecule has 0 fully saturated rings. The van der Waals surface area contributed by atoms with Gasteiger partial charge >= 0.3 is 6.18 Å². The van der Waals surface area contributed by atoms with Crippen molar-refractivity contribution < 1.29 is 22.7 Å². The third-order valence-corrected chi connectivity index (χ3v) is 4.30. The molecule has 0 bridgehead atoms. The van der Waals surface area contributed by atoms with E-state index in [2.05, 4.69) is 20.6 Å². The molecule has 7 nitrogen and oxygen atoms in total. The zero-order chi connectivity index (χ0) is 18.7. The third kappa shape index (κ3) is 4.28. The summed E-state index contributed by atoms with van der Waals surface area (Å²) in [6.07, 6.45) is -4.34. The smallest absolute Gasteiger partial charge is 0.453 e. The summed E-state index contributed by atoms with van der Waals surface area (Å²) in [5.74, 6) is -0.908. The number of carbonyl (C=O) groups excluding carboxylic acids is 1. The lowest BCUT2D eigenvalue weighted by molar-refractivity contribution is -0.146. The molecular weight excluding hydrogens is 371 g/mol. The molecule has 26 heavy (non-hydrogen) atoms. The molecule has 0 saturated carbocycles. The van der Waals surface area contributed by atoms with Gasteiger partial charge in [-0.3, -0.25) is 4.79 Å². The van der Waals surface area contributed by atoms with Crippen molar-refractivity contribution in [2.24, 2.45) is 0 Å². The van der Waals surface area contributed by atoms with Crippen LogP contribution < -0.4 is 10.1 Å². The van der Waals surface area contributed by atoms with Crippen molar-refractivity contribution in [3.63, 3.8) is 0 Å². The summed E-state index contributed by atoms with van der Waals surface area (Å²) < 4.78 is 44.2. The Kier molecular flexibility index (Phi) is 5.07. The van der Waals surface area contributed by atoms with Crippen LogP contribution in [-0.4, -0.2) is 38.9 Å². The number of ether oxygens (including phenoxy) is 1. The van der Waals surface area contributed by atoms with Crippen molar-refractivity contribution >= 4 is 22.2 Å². The summed E-state index contributed by atoms with van der Waals surface area (Å²) in [5.41, 5.74) is 1.08. The van der Waals surface area contributed by atoms with Gasteiger partial charge in [-0.15, -0.1) is 10.2 Å². The average molecular weight is 385 g/mol. The molecule has 11 heteroatoms. The quantitative estimate of drug-likeness (QED) is 0.704. The van der Waals surface area contributed by atoms with E-state index < -0.39 is 12.0 Å². The molecule has 0 saturated heterocycles. The SMILES string of the molecule is Cc1ccc(OCC(=O)NCCc2nn3c(C(F)(F)F)nnc3s2)cc1. The maximum atomic E-state index is 12.7. The Balaban J connectivity index is 1.48. The summed E-state index contributed by atoms with van der Waals surface area (Å²) in [6, 6.07) is 7.27. The molecule has 3 rings (SSSR count). The Morgan fingerprint density at radius 1 is 1.27 bits per heavy atom. The van der Waals surface area contributed by atoms with E-state index in [0.717, 1.165) is 16.9 Å². The molecule has 0 aliphatic carbocycles. The van der Waals surface area contributed by atoms with Crippen LogP contribution in [0.5, 0.6) is 5.75 Å². The van der Waals surface area contributed by atoms with Crippen molar-refractivity contribution in [1.82, 2.24) is 25.1 Å². The maximum absolute atomic E-state index is 12.7. The van der Waals surface area contributed by atoms with Crippen molar-refractivity contribution in [2.75, 3.05) is 13.2 Å². The summed E-state index contributed by atoms with van der Waals surface area (Å²) in [6.45, 7) is 2.02. The molecule has 0 aliphatic rings. The number of hydrogen-bond acceptors (Lipinski definition) is 6. The van der Waals surface area contributed by atoms with E-state index in [1.165, 1.54) is 0 Å². The minimum Gasteiger partial charge on any atom is -0.484 e. The fourth-order valence-corrected chi connectivity index (χ4v) is 2.91. The fourth-order valence-electron chi connectivity index (χ4n) is 2.08. The van der Waals surface area contributed by atoms with Crippen LogP contribution in [0.3, 0.4) is 0 Å². The Bertz CT molecular complexity index is 904. The molecule has 3 aromatic rings. The molecule has 0 unspecified atom stereocenters. The number of fused-ring (bicyclic) bond motifs is 1. The Morgan fingerprint density at radius 2 is 2.00 bits per heavy atom. The first-order valence-electron chi connectivity index (χ1n) is 7.57. The summed E-state index contributed by atoms with van der Waals surface area (Å²) >= 11 is 0.993. The zero-order valence-corrected chi connectivity index (χ0v) is 14.4. The Labute approximate surface area is 149 Å². The number of aromatic nitrogens is 4. The van der Waals surface area contributed by atoms with Gasteiger partial charge in [0, 0.05) is 13.0 Å². The number of halogens is 3. The van der Waals surface area contributed by atoms with Crippen LogP contribution in [0.2, 0.25) is 0 Å². The topological polar surface area (TPSA) is 81.4 Å². The van der Waals surface area contributed by atoms with E-state index in [0.29, 0.717) is 15.3 Å². The van der Waals surface area contributed by atoms with Crippen molar-refractivity contribution in [1.29, 1.82) is 0 Å². The highest BCUT2D eigenvalue weighted by Crippen LogP contribution is 2.28. The number of alkyl halides is 3. The number of carbonyl (C=O) groups is 1. The Hall–Kier alpha value is -2.69. The largest absolute Gasteiger partial charge is 0.484 e. The molecule has 1 amide bonds. The molecule has 1 N–H and O–H groups in total. The van der Waals surface area contributed by atoms with Gasteiger partial charge in [0.2, 0.25) is 4.96 Å². The lowest BCUT2D eigenvalue weighted by atomic mass is 10.2. The maximum Gasteiger partial charge on any atom is 0.453 e. The van der Waals surface area contributed by atoms with E-state index in [-0.39, 0.29) is 30.4 Å². The van der Waals surface area contributed by atoms with Gasteiger partial charge in [-0.1, -0.05) is 29.0 Å². The lowest BCUT2D eigenvalue weighted by Gasteiger charge is -2.07. The van der Waals surface area contributed by atoms with Gasteiger partial charge in [0.15, 0.2) is 6.61 Å². The van der Waals surface area contributed by atoms with Crippen LogP contribution in [0.25, 0.3) is 4.96 Å². The van der Waals surface area contributed by atoms with E-state index in [1.807, 2.05) is 19.1 Å². The first-order chi connectivity index (χ1) is 12.3. The molecular formula is C15H14F3N5O2S. The van der Waals surface area contributed by atoms with Gasteiger partial charge in [0.25, 0.3) is 11.7 Å².